The molecule has 0 amide bonds. The zero-order valence-corrected chi connectivity index (χ0v) is 14.1. The summed E-state index contributed by atoms with van der Waals surface area (Å²) in [6, 6.07) is 1.63. The smallest absolute Gasteiger partial charge is 0.130 e. The molecule has 0 saturated heterocycles. The molecule has 1 aromatic heterocycles. The van der Waals surface area contributed by atoms with E-state index < -0.39 is 15.7 Å². The zero-order valence-electron chi connectivity index (χ0n) is 11.7. The maximum atomic E-state index is 11.6. The molecular formula is C14H20Cl2N2OS. The Balaban J connectivity index is 3.05. The van der Waals surface area contributed by atoms with Crippen LogP contribution < -0.4 is 5.14 Å². The van der Waals surface area contributed by atoms with Gasteiger partial charge < -0.3 is 0 Å². The Morgan fingerprint density at radius 2 is 2.20 bits per heavy atom. The highest BCUT2D eigenvalue weighted by Crippen LogP contribution is 2.36. The van der Waals surface area contributed by atoms with Gasteiger partial charge in [-0.25, -0.2) is 9.19 Å². The molecule has 0 aliphatic carbocycles. The minimum Gasteiger partial charge on any atom is -0.251 e. The monoisotopic (exact) mass is 334 g/mol. The first-order valence-electron chi connectivity index (χ1n) is 6.36. The van der Waals surface area contributed by atoms with Gasteiger partial charge in [0.1, 0.15) is 5.15 Å². The predicted molar refractivity (Wildman–Crippen MR) is 87.5 cm³/mol. The second kappa shape index (κ2) is 7.55. The van der Waals surface area contributed by atoms with Crippen molar-refractivity contribution in [2.75, 3.05) is 0 Å². The lowest BCUT2D eigenvalue weighted by atomic mass is 9.87. The first-order chi connectivity index (χ1) is 9.27. The van der Waals surface area contributed by atoms with Crippen molar-refractivity contribution in [1.82, 2.24) is 4.98 Å². The molecule has 1 aromatic rings. The van der Waals surface area contributed by atoms with Crippen molar-refractivity contribution < 1.29 is 4.21 Å². The number of allylic oxidation sites excluding steroid dienone is 1. The first kappa shape index (κ1) is 17.6. The lowest BCUT2D eigenvalue weighted by Gasteiger charge is -2.28. The van der Waals surface area contributed by atoms with E-state index in [1.807, 2.05) is 19.9 Å². The summed E-state index contributed by atoms with van der Waals surface area (Å²) < 4.78 is 11.2. The number of aromatic nitrogens is 1. The van der Waals surface area contributed by atoms with E-state index >= 15 is 0 Å². The molecule has 1 unspecified atom stereocenters. The third-order valence-corrected chi connectivity index (χ3v) is 5.08. The van der Waals surface area contributed by atoms with E-state index in [9.17, 15) is 4.21 Å². The summed E-state index contributed by atoms with van der Waals surface area (Å²) in [7, 11) is -1.40. The van der Waals surface area contributed by atoms with E-state index in [0.717, 1.165) is 18.4 Å². The van der Waals surface area contributed by atoms with Crippen molar-refractivity contribution in [3.05, 3.63) is 40.7 Å². The topological polar surface area (TPSA) is 56.0 Å². The maximum absolute atomic E-state index is 11.6. The number of rotatable bonds is 7. The van der Waals surface area contributed by atoms with Gasteiger partial charge in [-0.1, -0.05) is 29.3 Å². The lowest BCUT2D eigenvalue weighted by molar-refractivity contribution is 0.495. The molecule has 3 nitrogen and oxygen atoms in total. The van der Waals surface area contributed by atoms with Gasteiger partial charge in [0.2, 0.25) is 0 Å². The number of nitrogens with zero attached hydrogens (tertiary/aromatic N) is 1. The van der Waals surface area contributed by atoms with Crippen molar-refractivity contribution in [3.8, 4) is 0 Å². The van der Waals surface area contributed by atoms with Crippen molar-refractivity contribution in [1.29, 1.82) is 0 Å². The molecule has 0 aromatic carbocycles. The Kier molecular flexibility index (Phi) is 6.65. The normalized spacial score (nSPS) is 14.8. The number of nitrogens with two attached hydrogens (primary N) is 1. The van der Waals surface area contributed by atoms with E-state index in [1.165, 1.54) is 0 Å². The van der Waals surface area contributed by atoms with Crippen LogP contribution in [0.3, 0.4) is 0 Å². The van der Waals surface area contributed by atoms with Crippen LogP contribution in [0.4, 0.5) is 0 Å². The highest BCUT2D eigenvalue weighted by atomic mass is 35.5. The molecule has 0 spiro atoms. The predicted octanol–water partition coefficient (Wildman–Crippen LogP) is 4.23. The lowest BCUT2D eigenvalue weighted by Crippen LogP contribution is -2.33. The number of pyridine rings is 1. The molecule has 1 rings (SSSR count). The first-order valence-corrected chi connectivity index (χ1v) is 8.33. The Hall–Kier alpha value is -0.420. The van der Waals surface area contributed by atoms with Crippen LogP contribution in [0, 0.1) is 0 Å². The van der Waals surface area contributed by atoms with Crippen LogP contribution in [0.2, 0.25) is 10.2 Å². The summed E-state index contributed by atoms with van der Waals surface area (Å²) in [6.07, 6.45) is 5.90. The molecule has 0 aliphatic rings. The molecule has 0 fully saturated rings. The Morgan fingerprint density at radius 3 is 2.70 bits per heavy atom. The summed E-state index contributed by atoms with van der Waals surface area (Å²) >= 11 is 12.1. The van der Waals surface area contributed by atoms with Crippen molar-refractivity contribution >= 4 is 34.2 Å². The van der Waals surface area contributed by atoms with Crippen LogP contribution in [0.25, 0.3) is 0 Å². The zero-order chi connectivity index (χ0) is 15.3. The molecule has 2 atom stereocenters. The van der Waals surface area contributed by atoms with Gasteiger partial charge in [0, 0.05) is 11.2 Å². The molecule has 0 radical (unpaired) electrons. The second-order valence-corrected chi connectivity index (χ2v) is 7.85. The molecule has 112 valence electrons. The molecule has 0 bridgehead atoms. The van der Waals surface area contributed by atoms with E-state index in [0.29, 0.717) is 16.6 Å². The molecule has 1 heterocycles. The van der Waals surface area contributed by atoms with Crippen LogP contribution in [0.5, 0.6) is 0 Å². The standard InChI is InChI=1S/C14H20Cl2N2OS/c1-4-5-6-10(8-14(2,3)20(17)19)11-9-18-13(16)7-12(11)15/h4,7,9-10H,1,5-6,8,17H2,2-3H3/t10-,20?/m1/s1. The van der Waals surface area contributed by atoms with E-state index in [-0.39, 0.29) is 5.92 Å². The maximum Gasteiger partial charge on any atom is 0.130 e. The van der Waals surface area contributed by atoms with Gasteiger partial charge in [-0.3, -0.25) is 5.14 Å². The van der Waals surface area contributed by atoms with Crippen molar-refractivity contribution in [2.24, 2.45) is 5.14 Å². The summed E-state index contributed by atoms with van der Waals surface area (Å²) in [5, 5.41) is 6.51. The summed E-state index contributed by atoms with van der Waals surface area (Å²) in [5.74, 6) is 0.118. The summed E-state index contributed by atoms with van der Waals surface area (Å²) in [6.45, 7) is 7.52. The number of halogens is 2. The average molecular weight is 335 g/mol. The molecule has 20 heavy (non-hydrogen) atoms. The van der Waals surface area contributed by atoms with Gasteiger partial charge in [-0.2, -0.15) is 0 Å². The SMILES string of the molecule is C=CCC[C@H](CC(C)(C)S(N)=O)c1cnc(Cl)cc1Cl. The number of hydrogen-bond donors (Lipinski definition) is 1. The highest BCUT2D eigenvalue weighted by Gasteiger charge is 2.29. The van der Waals surface area contributed by atoms with Gasteiger partial charge >= 0.3 is 0 Å². The van der Waals surface area contributed by atoms with Crippen LogP contribution in [-0.2, 0) is 11.0 Å². The third kappa shape index (κ3) is 4.85. The molecule has 6 heteroatoms. The molecular weight excluding hydrogens is 315 g/mol. The highest BCUT2D eigenvalue weighted by molar-refractivity contribution is 7.84. The Labute approximate surface area is 133 Å². The van der Waals surface area contributed by atoms with E-state index in [1.54, 1.807) is 12.3 Å². The van der Waals surface area contributed by atoms with Gasteiger partial charge in [0.05, 0.1) is 15.7 Å². The Bertz CT molecular complexity index is 506. The van der Waals surface area contributed by atoms with Gasteiger partial charge in [-0.05, 0) is 50.7 Å². The van der Waals surface area contributed by atoms with Crippen LogP contribution in [0.1, 0.15) is 44.6 Å². The van der Waals surface area contributed by atoms with Gasteiger partial charge in [0.25, 0.3) is 0 Å². The van der Waals surface area contributed by atoms with Gasteiger partial charge in [-0.15, -0.1) is 6.58 Å². The Morgan fingerprint density at radius 1 is 1.55 bits per heavy atom. The van der Waals surface area contributed by atoms with E-state index in [2.05, 4.69) is 11.6 Å². The minimum atomic E-state index is -1.40. The van der Waals surface area contributed by atoms with Gasteiger partial charge in [0.15, 0.2) is 0 Å². The van der Waals surface area contributed by atoms with E-state index in [4.69, 9.17) is 28.3 Å². The van der Waals surface area contributed by atoms with Crippen LogP contribution >= 0.6 is 23.2 Å². The van der Waals surface area contributed by atoms with Crippen molar-refractivity contribution in [3.63, 3.8) is 0 Å². The average Bonchev–Trinajstić information content (AvgIpc) is 2.34. The van der Waals surface area contributed by atoms with Crippen LogP contribution in [-0.4, -0.2) is 13.9 Å². The molecule has 0 saturated carbocycles. The minimum absolute atomic E-state index is 0.118. The largest absolute Gasteiger partial charge is 0.251 e. The fraction of sp³-hybridized carbons (Fsp3) is 0.500. The summed E-state index contributed by atoms with van der Waals surface area (Å²) in [4.78, 5) is 4.09. The number of hydrogen-bond acceptors (Lipinski definition) is 2. The van der Waals surface area contributed by atoms with Crippen LogP contribution in [0.15, 0.2) is 24.9 Å². The fourth-order valence-electron chi connectivity index (χ4n) is 2.08. The molecule has 2 N–H and O–H groups in total. The quantitative estimate of drug-likeness (QED) is 0.599. The fourth-order valence-corrected chi connectivity index (χ4v) is 2.97. The second-order valence-electron chi connectivity index (χ2n) is 5.35. The third-order valence-electron chi connectivity index (χ3n) is 3.29. The molecule has 0 aliphatic heterocycles. The van der Waals surface area contributed by atoms with Crippen molar-refractivity contribution in [2.45, 2.75) is 43.8 Å². The summed E-state index contributed by atoms with van der Waals surface area (Å²) in [5.41, 5.74) is 0.913.